The lowest BCUT2D eigenvalue weighted by Gasteiger charge is -2.13. The Morgan fingerprint density at radius 3 is 2.72 bits per heavy atom. The minimum Gasteiger partial charge on any atom is -0.351 e. The Labute approximate surface area is 117 Å². The van der Waals surface area contributed by atoms with E-state index in [1.165, 1.54) is 0 Å². The van der Waals surface area contributed by atoms with Crippen LogP contribution in [0.3, 0.4) is 0 Å². The monoisotopic (exact) mass is 315 g/mol. The van der Waals surface area contributed by atoms with Crippen molar-refractivity contribution in [3.05, 3.63) is 22.4 Å². The van der Waals surface area contributed by atoms with Gasteiger partial charge in [0, 0.05) is 23.3 Å². The third-order valence-corrected chi connectivity index (χ3v) is 3.11. The molecule has 0 saturated carbocycles. The Balaban J connectivity index is 2.56. The molecule has 0 aliphatic rings. The van der Waals surface area contributed by atoms with Crippen LogP contribution in [0.5, 0.6) is 0 Å². The number of aromatic nitrogens is 1. The number of rotatable bonds is 6. The normalized spacial score (nSPS) is 11.3. The second-order valence-corrected chi connectivity index (χ2v) is 5.87. The van der Waals surface area contributed by atoms with Gasteiger partial charge in [0.05, 0.1) is 0 Å². The van der Waals surface area contributed by atoms with Crippen molar-refractivity contribution in [1.82, 2.24) is 14.8 Å². The van der Waals surface area contributed by atoms with Gasteiger partial charge in [-0.15, -0.1) is 0 Å². The van der Waals surface area contributed by atoms with Crippen LogP contribution >= 0.6 is 15.9 Å². The van der Waals surface area contributed by atoms with Gasteiger partial charge in [0.2, 0.25) is 0 Å². The van der Waals surface area contributed by atoms with Crippen LogP contribution in [0.2, 0.25) is 0 Å². The third kappa shape index (κ3) is 4.46. The first-order valence-corrected chi connectivity index (χ1v) is 7.01. The molecule has 0 saturated heterocycles. The molecule has 102 valence electrons. The van der Waals surface area contributed by atoms with Crippen molar-refractivity contribution in [3.63, 3.8) is 0 Å². The fourth-order valence-corrected chi connectivity index (χ4v) is 2.18. The molecule has 0 aliphatic carbocycles. The molecule has 18 heavy (non-hydrogen) atoms. The van der Waals surface area contributed by atoms with Gasteiger partial charge in [-0.3, -0.25) is 4.79 Å². The van der Waals surface area contributed by atoms with Gasteiger partial charge in [0.25, 0.3) is 5.91 Å². The Morgan fingerprint density at radius 1 is 1.50 bits per heavy atom. The molecule has 0 radical (unpaired) electrons. The number of hydrogen-bond acceptors (Lipinski definition) is 2. The van der Waals surface area contributed by atoms with Gasteiger partial charge in [-0.1, -0.05) is 0 Å². The van der Waals surface area contributed by atoms with Crippen molar-refractivity contribution in [2.75, 3.05) is 27.2 Å². The SMILES string of the molecule is CC(C)n1cc(Br)cc1C(=O)NCCCN(C)C. The van der Waals surface area contributed by atoms with E-state index in [9.17, 15) is 4.79 Å². The zero-order chi connectivity index (χ0) is 13.7. The molecule has 1 rings (SSSR count). The standard InChI is InChI=1S/C13H22BrN3O/c1-10(2)17-9-11(14)8-12(17)13(18)15-6-5-7-16(3)4/h8-10H,5-7H2,1-4H3,(H,15,18). The molecular weight excluding hydrogens is 294 g/mol. The predicted molar refractivity (Wildman–Crippen MR) is 78.0 cm³/mol. The number of hydrogen-bond donors (Lipinski definition) is 1. The van der Waals surface area contributed by atoms with Crippen LogP contribution in [0.15, 0.2) is 16.7 Å². The molecule has 4 nitrogen and oxygen atoms in total. The van der Waals surface area contributed by atoms with Gasteiger partial charge in [-0.05, 0) is 62.9 Å². The van der Waals surface area contributed by atoms with Crippen molar-refractivity contribution in [2.24, 2.45) is 0 Å². The molecule has 0 aliphatic heterocycles. The minimum absolute atomic E-state index is 0.00634. The fourth-order valence-electron chi connectivity index (χ4n) is 1.74. The number of amides is 1. The van der Waals surface area contributed by atoms with Gasteiger partial charge in [0.15, 0.2) is 0 Å². The van der Waals surface area contributed by atoms with Crippen molar-refractivity contribution >= 4 is 21.8 Å². The second kappa shape index (κ2) is 6.95. The molecule has 0 bridgehead atoms. The maximum atomic E-state index is 12.1. The summed E-state index contributed by atoms with van der Waals surface area (Å²) < 4.78 is 2.92. The highest BCUT2D eigenvalue weighted by atomic mass is 79.9. The van der Waals surface area contributed by atoms with Crippen molar-refractivity contribution in [2.45, 2.75) is 26.3 Å². The molecule has 0 aromatic carbocycles. The molecule has 0 atom stereocenters. The van der Waals surface area contributed by atoms with Crippen molar-refractivity contribution < 1.29 is 4.79 Å². The van der Waals surface area contributed by atoms with E-state index >= 15 is 0 Å². The number of halogens is 1. The van der Waals surface area contributed by atoms with Crippen LogP contribution in [-0.2, 0) is 0 Å². The lowest BCUT2D eigenvalue weighted by Crippen LogP contribution is -2.29. The lowest BCUT2D eigenvalue weighted by molar-refractivity contribution is 0.0941. The summed E-state index contributed by atoms with van der Waals surface area (Å²) in [5.74, 6) is -0.00634. The molecule has 1 aromatic rings. The van der Waals surface area contributed by atoms with E-state index in [1.54, 1.807) is 0 Å². The Hall–Kier alpha value is -0.810. The zero-order valence-electron chi connectivity index (χ0n) is 11.5. The smallest absolute Gasteiger partial charge is 0.267 e. The molecule has 0 spiro atoms. The largest absolute Gasteiger partial charge is 0.351 e. The lowest BCUT2D eigenvalue weighted by atomic mass is 10.3. The van der Waals surface area contributed by atoms with Crippen LogP contribution < -0.4 is 5.32 Å². The first-order chi connectivity index (χ1) is 8.41. The van der Waals surface area contributed by atoms with E-state index in [0.29, 0.717) is 12.2 Å². The summed E-state index contributed by atoms with van der Waals surface area (Å²) in [7, 11) is 4.06. The minimum atomic E-state index is -0.00634. The average Bonchev–Trinajstić information content (AvgIpc) is 2.66. The molecular formula is C13H22BrN3O. The Kier molecular flexibility index (Phi) is 5.88. The summed E-state index contributed by atoms with van der Waals surface area (Å²) >= 11 is 3.41. The maximum Gasteiger partial charge on any atom is 0.267 e. The summed E-state index contributed by atoms with van der Waals surface area (Å²) in [4.78, 5) is 14.2. The predicted octanol–water partition coefficient (Wildman–Crippen LogP) is 2.51. The van der Waals surface area contributed by atoms with E-state index in [4.69, 9.17) is 0 Å². The third-order valence-electron chi connectivity index (χ3n) is 2.67. The van der Waals surface area contributed by atoms with E-state index in [1.807, 2.05) is 30.9 Å². The van der Waals surface area contributed by atoms with Crippen molar-refractivity contribution in [3.8, 4) is 0 Å². The van der Waals surface area contributed by atoms with Crippen LogP contribution in [0.4, 0.5) is 0 Å². The molecule has 1 heterocycles. The quantitative estimate of drug-likeness (QED) is 0.819. The van der Waals surface area contributed by atoms with Crippen LogP contribution in [-0.4, -0.2) is 42.6 Å². The number of carbonyl (C=O) groups is 1. The molecule has 1 amide bonds. The summed E-state index contributed by atoms with van der Waals surface area (Å²) in [6.45, 7) is 5.82. The van der Waals surface area contributed by atoms with E-state index in [-0.39, 0.29) is 11.9 Å². The van der Waals surface area contributed by atoms with Gasteiger partial charge in [-0.2, -0.15) is 0 Å². The van der Waals surface area contributed by atoms with E-state index < -0.39 is 0 Å². The van der Waals surface area contributed by atoms with E-state index in [0.717, 1.165) is 17.4 Å². The van der Waals surface area contributed by atoms with Crippen LogP contribution in [0.25, 0.3) is 0 Å². The van der Waals surface area contributed by atoms with Gasteiger partial charge in [0.1, 0.15) is 5.69 Å². The van der Waals surface area contributed by atoms with Gasteiger partial charge in [-0.25, -0.2) is 0 Å². The molecule has 1 N–H and O–H groups in total. The van der Waals surface area contributed by atoms with Crippen LogP contribution in [0, 0.1) is 0 Å². The molecule has 5 heteroatoms. The maximum absolute atomic E-state index is 12.1. The topological polar surface area (TPSA) is 37.3 Å². The van der Waals surface area contributed by atoms with Crippen molar-refractivity contribution in [1.29, 1.82) is 0 Å². The average molecular weight is 316 g/mol. The van der Waals surface area contributed by atoms with Gasteiger partial charge >= 0.3 is 0 Å². The number of carbonyl (C=O) groups excluding carboxylic acids is 1. The Morgan fingerprint density at radius 2 is 2.17 bits per heavy atom. The Bertz CT molecular complexity index is 399. The summed E-state index contributed by atoms with van der Waals surface area (Å²) in [6, 6.07) is 2.14. The van der Waals surface area contributed by atoms with Crippen LogP contribution in [0.1, 0.15) is 36.8 Å². The van der Waals surface area contributed by atoms with E-state index in [2.05, 4.69) is 40.0 Å². The highest BCUT2D eigenvalue weighted by Gasteiger charge is 2.14. The first kappa shape index (κ1) is 15.2. The first-order valence-electron chi connectivity index (χ1n) is 6.22. The summed E-state index contributed by atoms with van der Waals surface area (Å²) in [6.07, 6.45) is 2.90. The summed E-state index contributed by atoms with van der Waals surface area (Å²) in [5, 5.41) is 2.96. The molecule has 1 aromatic heterocycles. The highest BCUT2D eigenvalue weighted by molar-refractivity contribution is 9.10. The molecule has 0 unspecified atom stereocenters. The second-order valence-electron chi connectivity index (χ2n) is 4.96. The number of nitrogens with zero attached hydrogens (tertiary/aromatic N) is 2. The number of nitrogens with one attached hydrogen (secondary N) is 1. The zero-order valence-corrected chi connectivity index (χ0v) is 13.1. The highest BCUT2D eigenvalue weighted by Crippen LogP contribution is 2.19. The fraction of sp³-hybridized carbons (Fsp3) is 0.615. The molecule has 0 fully saturated rings. The summed E-state index contributed by atoms with van der Waals surface area (Å²) in [5.41, 5.74) is 0.710. The van der Waals surface area contributed by atoms with Gasteiger partial charge < -0.3 is 14.8 Å².